The highest BCUT2D eigenvalue weighted by molar-refractivity contribution is 8.33. The number of carboxylic acids is 1. The number of aliphatic imine (C=N–C) groups is 1. The van der Waals surface area contributed by atoms with Gasteiger partial charge in [-0.3, -0.25) is 0 Å². The van der Waals surface area contributed by atoms with E-state index in [-0.39, 0.29) is 0 Å². The fraction of sp³-hybridized carbons (Fsp3) is 0.200. The van der Waals surface area contributed by atoms with Crippen LogP contribution in [0.3, 0.4) is 0 Å². The van der Waals surface area contributed by atoms with E-state index in [9.17, 15) is 21.6 Å². The fourth-order valence-corrected chi connectivity index (χ4v) is 3.72. The molecule has 0 aliphatic carbocycles. The maximum absolute atomic E-state index is 11.2. The highest BCUT2D eigenvalue weighted by Crippen LogP contribution is 2.19. The molecular weight excluding hydrogens is 234 g/mol. The van der Waals surface area contributed by atoms with Gasteiger partial charge in [0.15, 0.2) is 4.91 Å². The van der Waals surface area contributed by atoms with Crippen LogP contribution in [0.1, 0.15) is 0 Å². The van der Waals surface area contributed by atoms with Gasteiger partial charge in [-0.05, 0) is 0 Å². The number of aliphatic carboxylic acids is 1. The zero-order valence-corrected chi connectivity index (χ0v) is 8.46. The number of carboxylic acid groups (broad SMARTS) is 1. The highest BCUT2D eigenvalue weighted by atomic mass is 32.3. The molecule has 0 aromatic heterocycles. The Morgan fingerprint density at radius 1 is 1.50 bits per heavy atom. The van der Waals surface area contributed by atoms with Crippen LogP contribution in [-0.2, 0) is 24.5 Å². The second-order valence-corrected chi connectivity index (χ2v) is 6.49. The third kappa shape index (κ3) is 1.55. The maximum atomic E-state index is 11.2. The first-order chi connectivity index (χ1) is 6.17. The molecule has 0 atom stereocenters. The van der Waals surface area contributed by atoms with Crippen molar-refractivity contribution in [3.63, 3.8) is 0 Å². The topological polar surface area (TPSA) is 118 Å². The molecule has 0 amide bonds. The summed E-state index contributed by atoms with van der Waals surface area (Å²) in [5, 5.41) is 8.42. The molecule has 1 N–H and O–H groups in total. The zero-order valence-electron chi connectivity index (χ0n) is 6.83. The quantitative estimate of drug-likeness (QED) is 0.610. The van der Waals surface area contributed by atoms with Crippen molar-refractivity contribution in [1.29, 1.82) is 0 Å². The van der Waals surface area contributed by atoms with Crippen LogP contribution in [0.5, 0.6) is 0 Å². The van der Waals surface area contributed by atoms with E-state index in [0.29, 0.717) is 12.5 Å². The second-order valence-electron chi connectivity index (χ2n) is 2.47. The van der Waals surface area contributed by atoms with Crippen molar-refractivity contribution in [2.75, 3.05) is 6.26 Å². The predicted octanol–water partition coefficient (Wildman–Crippen LogP) is -1.26. The second kappa shape index (κ2) is 2.89. The Bertz CT molecular complexity index is 549. The lowest BCUT2D eigenvalue weighted by molar-refractivity contribution is -0.131. The molecule has 9 heteroatoms. The van der Waals surface area contributed by atoms with Gasteiger partial charge in [-0.15, -0.1) is 0 Å². The number of nitrogens with zero attached hydrogens (tertiary/aromatic N) is 1. The Hall–Kier alpha value is -1.22. The van der Waals surface area contributed by atoms with E-state index in [2.05, 4.69) is 4.99 Å². The average molecular weight is 239 g/mol. The van der Waals surface area contributed by atoms with Gasteiger partial charge in [0.25, 0.3) is 4.38 Å². The summed E-state index contributed by atoms with van der Waals surface area (Å²) in [5.74, 6) is -1.73. The number of hydrogen-bond donors (Lipinski definition) is 1. The van der Waals surface area contributed by atoms with Crippen molar-refractivity contribution in [3.8, 4) is 0 Å². The Morgan fingerprint density at radius 3 is 2.21 bits per heavy atom. The van der Waals surface area contributed by atoms with E-state index < -0.39 is 34.9 Å². The van der Waals surface area contributed by atoms with Crippen LogP contribution in [0.15, 0.2) is 16.1 Å². The minimum absolute atomic E-state index is 0.508. The van der Waals surface area contributed by atoms with Crippen molar-refractivity contribution in [1.82, 2.24) is 0 Å². The highest BCUT2D eigenvalue weighted by Gasteiger charge is 2.40. The predicted molar refractivity (Wildman–Crippen MR) is 46.9 cm³/mol. The number of rotatable bonds is 1. The summed E-state index contributed by atoms with van der Waals surface area (Å²) in [7, 11) is -8.49. The standard InChI is InChI=1S/C5H5NO6S2/c1-13(9,10)5-6-2-3(4(7)8)14(5,11)12/h2H,1H3,(H,7,8). The first-order valence-electron chi connectivity index (χ1n) is 3.14. The minimum atomic E-state index is -4.46. The monoisotopic (exact) mass is 239 g/mol. The van der Waals surface area contributed by atoms with E-state index in [0.717, 1.165) is 0 Å². The van der Waals surface area contributed by atoms with Crippen LogP contribution in [0.2, 0.25) is 0 Å². The molecule has 0 aromatic rings. The van der Waals surface area contributed by atoms with Gasteiger partial charge < -0.3 is 5.11 Å². The van der Waals surface area contributed by atoms with E-state index >= 15 is 0 Å². The van der Waals surface area contributed by atoms with Crippen LogP contribution in [0, 0.1) is 0 Å². The fourth-order valence-electron chi connectivity index (χ4n) is 0.809. The molecule has 1 aliphatic heterocycles. The molecule has 0 unspecified atom stereocenters. The summed E-state index contributed by atoms with van der Waals surface area (Å²) < 4.78 is 43.1. The third-order valence-electron chi connectivity index (χ3n) is 1.33. The van der Waals surface area contributed by atoms with Crippen molar-refractivity contribution in [2.24, 2.45) is 4.99 Å². The third-order valence-corrected chi connectivity index (χ3v) is 5.07. The van der Waals surface area contributed by atoms with Crippen molar-refractivity contribution in [3.05, 3.63) is 11.1 Å². The summed E-state index contributed by atoms with van der Waals surface area (Å²) in [5.41, 5.74) is 0. The lowest BCUT2D eigenvalue weighted by Crippen LogP contribution is -2.24. The Balaban J connectivity index is 3.38. The van der Waals surface area contributed by atoms with E-state index in [1.807, 2.05) is 0 Å². The first-order valence-corrected chi connectivity index (χ1v) is 6.51. The van der Waals surface area contributed by atoms with Crippen LogP contribution < -0.4 is 0 Å². The Morgan fingerprint density at radius 2 is 2.00 bits per heavy atom. The van der Waals surface area contributed by atoms with Crippen LogP contribution >= 0.6 is 0 Å². The SMILES string of the molecule is CS(=O)(=O)C1=NC=C(C(=O)O)S1(=O)=O. The molecule has 0 radical (unpaired) electrons. The van der Waals surface area contributed by atoms with E-state index in [1.165, 1.54) is 0 Å². The number of sulfone groups is 2. The number of hydrogen-bond acceptors (Lipinski definition) is 6. The van der Waals surface area contributed by atoms with Gasteiger partial charge in [-0.2, -0.15) is 0 Å². The smallest absolute Gasteiger partial charge is 0.349 e. The lowest BCUT2D eigenvalue weighted by atomic mass is 10.6. The van der Waals surface area contributed by atoms with Crippen molar-refractivity contribution in [2.45, 2.75) is 0 Å². The largest absolute Gasteiger partial charge is 0.477 e. The van der Waals surface area contributed by atoms with Gasteiger partial charge in [-0.25, -0.2) is 26.6 Å². The molecule has 0 fully saturated rings. The first kappa shape index (κ1) is 10.9. The summed E-state index contributed by atoms with van der Waals surface area (Å²) in [4.78, 5) is 12.4. The van der Waals surface area contributed by atoms with Gasteiger partial charge in [0.2, 0.25) is 19.7 Å². The zero-order chi connectivity index (χ0) is 11.1. The van der Waals surface area contributed by atoms with Gasteiger partial charge in [0.05, 0.1) is 6.20 Å². The van der Waals surface area contributed by atoms with Gasteiger partial charge in [0, 0.05) is 6.26 Å². The summed E-state index contributed by atoms with van der Waals surface area (Å²) in [6.07, 6.45) is 1.15. The Labute approximate surface area is 79.6 Å². The molecule has 1 rings (SSSR count). The van der Waals surface area contributed by atoms with Crippen LogP contribution in [-0.4, -0.2) is 38.5 Å². The normalized spacial score (nSPS) is 20.1. The van der Waals surface area contributed by atoms with Gasteiger partial charge >= 0.3 is 5.97 Å². The summed E-state index contributed by atoms with van der Waals surface area (Å²) in [6, 6.07) is 0. The molecule has 0 bridgehead atoms. The van der Waals surface area contributed by atoms with Crippen molar-refractivity contribution >= 4 is 30.0 Å². The minimum Gasteiger partial charge on any atom is -0.477 e. The molecule has 0 saturated heterocycles. The molecule has 7 nitrogen and oxygen atoms in total. The van der Waals surface area contributed by atoms with Gasteiger partial charge in [0.1, 0.15) is 0 Å². The van der Waals surface area contributed by atoms with Crippen molar-refractivity contribution < 1.29 is 26.7 Å². The average Bonchev–Trinajstić information content (AvgIpc) is 2.22. The van der Waals surface area contributed by atoms with Gasteiger partial charge in [-0.1, -0.05) is 0 Å². The summed E-state index contributed by atoms with van der Waals surface area (Å²) in [6.45, 7) is 0. The molecule has 0 saturated carbocycles. The van der Waals surface area contributed by atoms with Crippen LogP contribution in [0.4, 0.5) is 0 Å². The molecule has 14 heavy (non-hydrogen) atoms. The Kier molecular flexibility index (Phi) is 2.24. The van der Waals surface area contributed by atoms with E-state index in [1.54, 1.807) is 0 Å². The molecule has 78 valence electrons. The molecule has 1 aliphatic rings. The summed E-state index contributed by atoms with van der Waals surface area (Å²) >= 11 is 0. The molecule has 0 spiro atoms. The molecule has 0 aromatic carbocycles. The maximum Gasteiger partial charge on any atom is 0.349 e. The van der Waals surface area contributed by atoms with Crippen LogP contribution in [0.25, 0.3) is 0 Å². The molecular formula is C5H5NO6S2. The lowest BCUT2D eigenvalue weighted by Gasteiger charge is -1.98. The number of carbonyl (C=O) groups is 1. The van der Waals surface area contributed by atoms with E-state index in [4.69, 9.17) is 5.11 Å². The molecule has 1 heterocycles.